The molecule has 8 rings (SSSR count). The van der Waals surface area contributed by atoms with E-state index in [2.05, 4.69) is 22.3 Å². The molecule has 0 saturated carbocycles. The minimum Gasteiger partial charge on any atom is -0.432 e. The normalized spacial score (nSPS) is 24.2. The molecule has 4 atom stereocenters. The average molecular weight is 788 g/mol. The van der Waals surface area contributed by atoms with Crippen LogP contribution in [0, 0.1) is 5.92 Å². The number of fused-ring (bicyclic) bond motifs is 2. The molecule has 4 aliphatic heterocycles. The number of piperidine rings is 1. The molecule has 298 valence electrons. The molecule has 0 aliphatic carbocycles. The number of carbonyl (C=O) groups excluding carboxylic acids is 3. The van der Waals surface area contributed by atoms with E-state index in [0.29, 0.717) is 49.5 Å². The first-order valence-electron chi connectivity index (χ1n) is 20.2. The molecular weight excluding hydrogens is 735 g/mol. The number of para-hydroxylation sites is 1. The molecule has 0 radical (unpaired) electrons. The number of hydrogen-bond acceptors (Lipinski definition) is 8. The summed E-state index contributed by atoms with van der Waals surface area (Å²) < 4.78 is 7.11. The third-order valence-corrected chi connectivity index (χ3v) is 15.2. The summed E-state index contributed by atoms with van der Waals surface area (Å²) in [6.45, 7) is 8.04. The molecule has 11 nitrogen and oxygen atoms in total. The minimum atomic E-state index is -3.10. The fourth-order valence-electron chi connectivity index (χ4n) is 10.0. The van der Waals surface area contributed by atoms with Crippen molar-refractivity contribution in [3.63, 3.8) is 0 Å². The summed E-state index contributed by atoms with van der Waals surface area (Å²) in [6.07, 6.45) is 0.504. The number of nitrogens with one attached hydrogen (secondary N) is 1. The Hall–Kier alpha value is -4.85. The second kappa shape index (κ2) is 15.5. The standard InChI is InChI=1S/C45H53N5O6Si/c1-32-41(57(2,3)55)39(28-40(52)47(25-26-51)29-33-13-7-4-8-14-33)56-45(32)37-27-36(19-20-38(37)48(43(45)54)30-34-15-9-5-10-16-34)49-31-50(35-17-11-6-12-18-35)44(42(49)53)21-23-46-24-22-44/h4-20,27,32,39,41,46,51,55H,21-26,28-31H2,1-3H3/t32-,39+,41-,45+/m0/s1. The van der Waals surface area contributed by atoms with Crippen LogP contribution in [-0.4, -0.2) is 85.4 Å². The molecule has 4 aliphatic rings. The van der Waals surface area contributed by atoms with Gasteiger partial charge in [0.1, 0.15) is 5.54 Å². The first-order chi connectivity index (χ1) is 27.5. The molecule has 3 fully saturated rings. The van der Waals surface area contributed by atoms with Crippen molar-refractivity contribution in [3.8, 4) is 0 Å². The van der Waals surface area contributed by atoms with E-state index in [1.165, 1.54) is 0 Å². The van der Waals surface area contributed by atoms with Crippen molar-refractivity contribution in [2.75, 3.05) is 47.6 Å². The highest BCUT2D eigenvalue weighted by atomic mass is 28.4. The van der Waals surface area contributed by atoms with Crippen molar-refractivity contribution >= 4 is 43.1 Å². The van der Waals surface area contributed by atoms with Gasteiger partial charge < -0.3 is 34.7 Å². The van der Waals surface area contributed by atoms with E-state index in [-0.39, 0.29) is 37.3 Å². The second-order valence-electron chi connectivity index (χ2n) is 16.6. The number of aliphatic hydroxyl groups excluding tert-OH is 1. The number of amides is 3. The Kier molecular flexibility index (Phi) is 10.6. The van der Waals surface area contributed by atoms with E-state index in [9.17, 15) is 19.5 Å². The third-order valence-electron chi connectivity index (χ3n) is 12.7. The molecule has 3 saturated heterocycles. The smallest absolute Gasteiger partial charge is 0.264 e. The lowest BCUT2D eigenvalue weighted by Crippen LogP contribution is -2.55. The van der Waals surface area contributed by atoms with Crippen LogP contribution in [-0.2, 0) is 37.8 Å². The van der Waals surface area contributed by atoms with E-state index in [0.717, 1.165) is 29.9 Å². The maximum Gasteiger partial charge on any atom is 0.264 e. The van der Waals surface area contributed by atoms with Crippen LogP contribution in [0.25, 0.3) is 0 Å². The fourth-order valence-corrected chi connectivity index (χ4v) is 12.6. The number of rotatable bonds is 11. The Morgan fingerprint density at radius 2 is 1.51 bits per heavy atom. The van der Waals surface area contributed by atoms with Crippen LogP contribution in [0.4, 0.5) is 17.1 Å². The Morgan fingerprint density at radius 3 is 2.14 bits per heavy atom. The zero-order valence-electron chi connectivity index (χ0n) is 33.0. The summed E-state index contributed by atoms with van der Waals surface area (Å²) in [4.78, 5) is 63.7. The van der Waals surface area contributed by atoms with Crippen LogP contribution in [0.5, 0.6) is 0 Å². The van der Waals surface area contributed by atoms with Gasteiger partial charge in [-0.25, -0.2) is 0 Å². The third kappa shape index (κ3) is 6.87. The maximum absolute atomic E-state index is 15.3. The van der Waals surface area contributed by atoms with E-state index < -0.39 is 37.0 Å². The molecule has 2 spiro atoms. The zero-order valence-corrected chi connectivity index (χ0v) is 34.0. The van der Waals surface area contributed by atoms with Gasteiger partial charge in [0.25, 0.3) is 11.8 Å². The largest absolute Gasteiger partial charge is 0.432 e. The summed E-state index contributed by atoms with van der Waals surface area (Å²) in [6, 6.07) is 35.3. The lowest BCUT2D eigenvalue weighted by atomic mass is 9.82. The predicted octanol–water partition coefficient (Wildman–Crippen LogP) is 5.38. The van der Waals surface area contributed by atoms with Crippen molar-refractivity contribution in [2.24, 2.45) is 5.92 Å². The number of hydrogen-bond donors (Lipinski definition) is 3. The highest BCUT2D eigenvalue weighted by Gasteiger charge is 2.67. The van der Waals surface area contributed by atoms with E-state index in [1.807, 2.05) is 122 Å². The molecule has 0 bridgehead atoms. The number of anilines is 3. The van der Waals surface area contributed by atoms with Crippen LogP contribution < -0.4 is 20.0 Å². The van der Waals surface area contributed by atoms with Gasteiger partial charge in [0, 0.05) is 41.5 Å². The van der Waals surface area contributed by atoms with Gasteiger partial charge in [0.2, 0.25) is 5.91 Å². The molecule has 12 heteroatoms. The highest BCUT2D eigenvalue weighted by Crippen LogP contribution is 2.60. The predicted molar refractivity (Wildman–Crippen MR) is 223 cm³/mol. The highest BCUT2D eigenvalue weighted by molar-refractivity contribution is 6.71. The Morgan fingerprint density at radius 1 is 0.877 bits per heavy atom. The van der Waals surface area contributed by atoms with Gasteiger partial charge in [-0.1, -0.05) is 85.8 Å². The number of benzene rings is 4. The number of aliphatic hydroxyl groups is 1. The Balaban J connectivity index is 1.20. The molecule has 3 amide bonds. The van der Waals surface area contributed by atoms with Crippen molar-refractivity contribution in [3.05, 3.63) is 126 Å². The average Bonchev–Trinajstić information content (AvgIpc) is 3.76. The summed E-state index contributed by atoms with van der Waals surface area (Å²) in [7, 11) is -3.10. The minimum absolute atomic E-state index is 0.0281. The van der Waals surface area contributed by atoms with Gasteiger partial charge in [-0.15, -0.1) is 0 Å². The van der Waals surface area contributed by atoms with E-state index >= 15 is 4.79 Å². The van der Waals surface area contributed by atoms with Crippen LogP contribution in [0.15, 0.2) is 109 Å². The lowest BCUT2D eigenvalue weighted by Gasteiger charge is -2.39. The monoisotopic (exact) mass is 787 g/mol. The Labute approximate surface area is 336 Å². The molecule has 0 unspecified atom stereocenters. The molecule has 4 aromatic rings. The van der Waals surface area contributed by atoms with E-state index in [1.54, 1.807) is 9.80 Å². The SMILES string of the molecule is C[C@H]1[C@H]([Si](C)(C)O)[C@@H](CC(=O)N(CCO)Cc2ccccc2)O[C@]12C(=O)N(Cc1ccccc1)c1ccc(N3CN(c4ccccc4)C4(CCNCC4)C3=O)cc12. The first kappa shape index (κ1) is 39.0. The lowest BCUT2D eigenvalue weighted by molar-refractivity contribution is -0.150. The van der Waals surface area contributed by atoms with Crippen LogP contribution in [0.3, 0.4) is 0 Å². The van der Waals surface area contributed by atoms with Gasteiger partial charge in [0.05, 0.1) is 38.0 Å². The summed E-state index contributed by atoms with van der Waals surface area (Å²) in [5.74, 6) is -0.938. The number of ether oxygens (including phenoxy) is 1. The van der Waals surface area contributed by atoms with Crippen molar-refractivity contribution in [1.29, 1.82) is 0 Å². The summed E-state index contributed by atoms with van der Waals surface area (Å²) in [5, 5.41) is 13.4. The number of carbonyl (C=O) groups is 3. The van der Waals surface area contributed by atoms with Gasteiger partial charge in [-0.2, -0.15) is 0 Å². The molecule has 3 N–H and O–H groups in total. The molecular formula is C45H53N5O6Si. The topological polar surface area (TPSA) is 126 Å². The summed E-state index contributed by atoms with van der Waals surface area (Å²) in [5.41, 5.74) is 2.17. The zero-order chi connectivity index (χ0) is 40.0. The van der Waals surface area contributed by atoms with Gasteiger partial charge in [0.15, 0.2) is 13.9 Å². The van der Waals surface area contributed by atoms with Gasteiger partial charge in [-0.3, -0.25) is 19.3 Å². The van der Waals surface area contributed by atoms with Crippen LogP contribution >= 0.6 is 0 Å². The second-order valence-corrected chi connectivity index (χ2v) is 20.6. The van der Waals surface area contributed by atoms with Gasteiger partial charge >= 0.3 is 0 Å². The Bertz CT molecular complexity index is 2090. The quantitative estimate of drug-likeness (QED) is 0.173. The van der Waals surface area contributed by atoms with E-state index in [4.69, 9.17) is 4.74 Å². The molecule has 0 aromatic heterocycles. The van der Waals surface area contributed by atoms with Crippen molar-refractivity contribution in [1.82, 2.24) is 10.2 Å². The van der Waals surface area contributed by atoms with Crippen molar-refractivity contribution in [2.45, 2.75) is 75.2 Å². The van der Waals surface area contributed by atoms with Crippen LogP contribution in [0.1, 0.15) is 42.9 Å². The van der Waals surface area contributed by atoms with Gasteiger partial charge in [-0.05, 0) is 80.5 Å². The number of nitrogens with zero attached hydrogens (tertiary/aromatic N) is 4. The van der Waals surface area contributed by atoms with Crippen molar-refractivity contribution < 1.29 is 29.0 Å². The molecule has 57 heavy (non-hydrogen) atoms. The summed E-state index contributed by atoms with van der Waals surface area (Å²) >= 11 is 0. The molecule has 4 heterocycles. The first-order valence-corrected chi connectivity index (χ1v) is 23.2. The fraction of sp³-hybridized carbons (Fsp3) is 0.400. The maximum atomic E-state index is 15.3. The molecule has 4 aromatic carbocycles. The van der Waals surface area contributed by atoms with Crippen LogP contribution in [0.2, 0.25) is 18.6 Å².